The molecule has 0 saturated carbocycles. The molecule has 0 aliphatic carbocycles. The van der Waals surface area contributed by atoms with Gasteiger partial charge in [0, 0.05) is 15.6 Å². The van der Waals surface area contributed by atoms with Gasteiger partial charge >= 0.3 is 0 Å². The van der Waals surface area contributed by atoms with E-state index in [2.05, 4.69) is 38.8 Å². The first kappa shape index (κ1) is 16.2. The van der Waals surface area contributed by atoms with Crippen LogP contribution in [0, 0.1) is 6.92 Å². The van der Waals surface area contributed by atoms with E-state index in [1.807, 2.05) is 31.2 Å². The summed E-state index contributed by atoms with van der Waals surface area (Å²) >= 11 is 6.91. The molecule has 4 heteroatoms. The normalized spacial score (nSPS) is 10.5. The summed E-state index contributed by atoms with van der Waals surface area (Å²) in [6, 6.07) is 11.2. The summed E-state index contributed by atoms with van der Waals surface area (Å²) in [4.78, 5) is 12.6. The number of halogens is 2. The topological polar surface area (TPSA) is 26.3 Å². The van der Waals surface area contributed by atoms with Gasteiger partial charge in [0.1, 0.15) is 5.75 Å². The maximum Gasteiger partial charge on any atom is 0.194 e. The van der Waals surface area contributed by atoms with E-state index in [-0.39, 0.29) is 5.78 Å². The van der Waals surface area contributed by atoms with Gasteiger partial charge in [0.2, 0.25) is 0 Å². The van der Waals surface area contributed by atoms with Crippen LogP contribution in [0.5, 0.6) is 5.75 Å². The van der Waals surface area contributed by atoms with Crippen LogP contribution in [0.25, 0.3) is 0 Å². The van der Waals surface area contributed by atoms with E-state index < -0.39 is 0 Å². The van der Waals surface area contributed by atoms with Crippen LogP contribution >= 0.6 is 31.9 Å². The Kier molecular flexibility index (Phi) is 5.59. The lowest BCUT2D eigenvalue weighted by molar-refractivity contribution is 0.103. The van der Waals surface area contributed by atoms with E-state index in [4.69, 9.17) is 4.74 Å². The molecule has 2 aromatic rings. The Hall–Kier alpha value is -1.13. The molecule has 0 spiro atoms. The third-order valence-electron chi connectivity index (χ3n) is 3.02. The SMILES string of the molecule is CCCOc1ccc(C(=O)c2ccc(C)cc2Br)cc1Br. The maximum absolute atomic E-state index is 12.6. The van der Waals surface area contributed by atoms with Crippen LogP contribution in [0.3, 0.4) is 0 Å². The molecule has 0 N–H and O–H groups in total. The van der Waals surface area contributed by atoms with Gasteiger partial charge in [-0.25, -0.2) is 0 Å². The number of hydrogen-bond acceptors (Lipinski definition) is 2. The average Bonchev–Trinajstić information content (AvgIpc) is 2.45. The van der Waals surface area contributed by atoms with Gasteiger partial charge in [-0.05, 0) is 65.2 Å². The molecule has 0 radical (unpaired) electrons. The monoisotopic (exact) mass is 410 g/mol. The summed E-state index contributed by atoms with van der Waals surface area (Å²) < 4.78 is 7.21. The van der Waals surface area contributed by atoms with E-state index in [1.54, 1.807) is 12.1 Å². The van der Waals surface area contributed by atoms with E-state index in [9.17, 15) is 4.79 Å². The summed E-state index contributed by atoms with van der Waals surface area (Å²) in [7, 11) is 0. The minimum absolute atomic E-state index is 0.00961. The summed E-state index contributed by atoms with van der Waals surface area (Å²) in [6.07, 6.45) is 0.948. The summed E-state index contributed by atoms with van der Waals surface area (Å²) in [5.74, 6) is 0.751. The van der Waals surface area contributed by atoms with Crippen molar-refractivity contribution >= 4 is 37.6 Å². The first-order valence-electron chi connectivity index (χ1n) is 6.76. The number of rotatable bonds is 5. The zero-order valence-corrected chi connectivity index (χ0v) is 15.1. The molecule has 0 aliphatic rings. The van der Waals surface area contributed by atoms with Crippen LogP contribution in [0.15, 0.2) is 45.3 Å². The Labute approximate surface area is 141 Å². The lowest BCUT2D eigenvalue weighted by Crippen LogP contribution is -2.03. The molecule has 0 amide bonds. The van der Waals surface area contributed by atoms with Crippen LogP contribution in [0.2, 0.25) is 0 Å². The van der Waals surface area contributed by atoms with Crippen LogP contribution in [-0.4, -0.2) is 12.4 Å². The third-order valence-corrected chi connectivity index (χ3v) is 4.30. The fourth-order valence-electron chi connectivity index (χ4n) is 1.93. The van der Waals surface area contributed by atoms with Crippen molar-refractivity contribution in [2.24, 2.45) is 0 Å². The largest absolute Gasteiger partial charge is 0.492 e. The highest BCUT2D eigenvalue weighted by molar-refractivity contribution is 9.10. The van der Waals surface area contributed by atoms with Crippen molar-refractivity contribution in [3.8, 4) is 5.75 Å². The highest BCUT2D eigenvalue weighted by atomic mass is 79.9. The van der Waals surface area contributed by atoms with E-state index in [0.29, 0.717) is 17.7 Å². The molecule has 0 aliphatic heterocycles. The molecule has 2 rings (SSSR count). The van der Waals surface area contributed by atoms with Gasteiger partial charge in [-0.2, -0.15) is 0 Å². The maximum atomic E-state index is 12.6. The highest BCUT2D eigenvalue weighted by Crippen LogP contribution is 2.28. The second kappa shape index (κ2) is 7.23. The number of carbonyl (C=O) groups is 1. The van der Waals surface area contributed by atoms with Crippen molar-refractivity contribution in [2.45, 2.75) is 20.3 Å². The average molecular weight is 412 g/mol. The smallest absolute Gasteiger partial charge is 0.194 e. The molecular formula is C17H16Br2O2. The van der Waals surface area contributed by atoms with Gasteiger partial charge in [0.25, 0.3) is 0 Å². The van der Waals surface area contributed by atoms with Crippen molar-refractivity contribution in [1.29, 1.82) is 0 Å². The minimum atomic E-state index is -0.00961. The van der Waals surface area contributed by atoms with Crippen molar-refractivity contribution in [3.05, 3.63) is 62.0 Å². The summed E-state index contributed by atoms with van der Waals surface area (Å²) in [6.45, 7) is 4.71. The van der Waals surface area contributed by atoms with Crippen LogP contribution in [0.4, 0.5) is 0 Å². The minimum Gasteiger partial charge on any atom is -0.492 e. The molecule has 2 nitrogen and oxygen atoms in total. The van der Waals surface area contributed by atoms with E-state index in [0.717, 1.165) is 26.7 Å². The number of aryl methyl sites for hydroxylation is 1. The molecule has 0 saturated heterocycles. The summed E-state index contributed by atoms with van der Waals surface area (Å²) in [5.41, 5.74) is 2.41. The Bertz CT molecular complexity index is 666. The van der Waals surface area contributed by atoms with Crippen molar-refractivity contribution in [3.63, 3.8) is 0 Å². The van der Waals surface area contributed by atoms with Gasteiger partial charge in [-0.3, -0.25) is 4.79 Å². The molecule has 0 heterocycles. The number of carbonyl (C=O) groups excluding carboxylic acids is 1. The first-order chi connectivity index (χ1) is 10.0. The van der Waals surface area contributed by atoms with E-state index >= 15 is 0 Å². The molecule has 0 atom stereocenters. The highest BCUT2D eigenvalue weighted by Gasteiger charge is 2.14. The Morgan fingerprint density at radius 1 is 1.10 bits per heavy atom. The molecule has 0 aromatic heterocycles. The zero-order valence-electron chi connectivity index (χ0n) is 12.0. The van der Waals surface area contributed by atoms with Gasteiger partial charge in [-0.15, -0.1) is 0 Å². The molecule has 0 fully saturated rings. The third kappa shape index (κ3) is 3.95. The van der Waals surface area contributed by atoms with Gasteiger partial charge in [-0.1, -0.05) is 28.9 Å². The summed E-state index contributed by atoms with van der Waals surface area (Å²) in [5, 5.41) is 0. The molecule has 21 heavy (non-hydrogen) atoms. The standard InChI is InChI=1S/C17H16Br2O2/c1-3-8-21-16-7-5-12(10-15(16)19)17(20)13-6-4-11(2)9-14(13)18/h4-7,9-10H,3,8H2,1-2H3. The quantitative estimate of drug-likeness (QED) is 0.603. The molecule has 110 valence electrons. The molecule has 0 unspecified atom stereocenters. The van der Waals surface area contributed by atoms with Crippen LogP contribution in [0.1, 0.15) is 34.8 Å². The Balaban J connectivity index is 2.29. The van der Waals surface area contributed by atoms with Crippen molar-refractivity contribution < 1.29 is 9.53 Å². The number of benzene rings is 2. The molecular weight excluding hydrogens is 396 g/mol. The second-order valence-electron chi connectivity index (χ2n) is 4.81. The second-order valence-corrected chi connectivity index (χ2v) is 6.51. The van der Waals surface area contributed by atoms with Crippen LogP contribution in [-0.2, 0) is 0 Å². The lowest BCUT2D eigenvalue weighted by atomic mass is 10.0. The van der Waals surface area contributed by atoms with Crippen molar-refractivity contribution in [2.75, 3.05) is 6.61 Å². The fraction of sp³-hybridized carbons (Fsp3) is 0.235. The first-order valence-corrected chi connectivity index (χ1v) is 8.34. The Morgan fingerprint density at radius 3 is 2.48 bits per heavy atom. The zero-order chi connectivity index (χ0) is 15.4. The van der Waals surface area contributed by atoms with Gasteiger partial charge in [0.15, 0.2) is 5.78 Å². The predicted octanol–water partition coefficient (Wildman–Crippen LogP) is 5.54. The lowest BCUT2D eigenvalue weighted by Gasteiger charge is -2.09. The van der Waals surface area contributed by atoms with Crippen LogP contribution < -0.4 is 4.74 Å². The van der Waals surface area contributed by atoms with Gasteiger partial charge in [0.05, 0.1) is 11.1 Å². The predicted molar refractivity (Wildman–Crippen MR) is 92.2 cm³/mol. The number of ether oxygens (including phenoxy) is 1. The fourth-order valence-corrected chi connectivity index (χ4v) is 3.10. The Morgan fingerprint density at radius 2 is 1.86 bits per heavy atom. The van der Waals surface area contributed by atoms with Crippen molar-refractivity contribution in [1.82, 2.24) is 0 Å². The number of hydrogen-bond donors (Lipinski definition) is 0. The van der Waals surface area contributed by atoms with E-state index in [1.165, 1.54) is 0 Å². The molecule has 0 bridgehead atoms. The molecule has 2 aromatic carbocycles. The number of ketones is 1. The van der Waals surface area contributed by atoms with Gasteiger partial charge < -0.3 is 4.74 Å².